The molecule has 0 amide bonds. The van der Waals surface area contributed by atoms with Crippen LogP contribution in [0.15, 0.2) is 72.8 Å². The fraction of sp³-hybridized carbons (Fsp3) is 0.265. The smallest absolute Gasteiger partial charge is 0.442 e. The number of tetrazole rings is 1. The zero-order chi connectivity index (χ0) is 36.3. The van der Waals surface area contributed by atoms with Crippen molar-refractivity contribution in [2.45, 2.75) is 59.2 Å². The molecule has 0 saturated heterocycles. The number of esters is 1. The van der Waals surface area contributed by atoms with Gasteiger partial charge in [-0.3, -0.25) is 4.79 Å². The van der Waals surface area contributed by atoms with Crippen LogP contribution in [0.25, 0.3) is 22.5 Å². The van der Waals surface area contributed by atoms with E-state index in [-0.39, 0.29) is 42.9 Å². The molecule has 0 aliphatic rings. The zero-order valence-electron chi connectivity index (χ0n) is 27.5. The lowest BCUT2D eigenvalue weighted by Crippen LogP contribution is -2.21. The molecule has 0 saturated carbocycles. The lowest BCUT2D eigenvalue weighted by atomic mass is 9.98. The van der Waals surface area contributed by atoms with Gasteiger partial charge >= 0.3 is 12.1 Å². The van der Waals surface area contributed by atoms with Crippen molar-refractivity contribution >= 4 is 30.1 Å². The summed E-state index contributed by atoms with van der Waals surface area (Å²) in [6.07, 6.45) is 0.353. The molecule has 51 heavy (non-hydrogen) atoms. The summed E-state index contributed by atoms with van der Waals surface area (Å²) >= 11 is 6.41. The second-order valence-electron chi connectivity index (χ2n) is 11.1. The number of halogens is 1. The van der Waals surface area contributed by atoms with Gasteiger partial charge in [0.1, 0.15) is 19.0 Å². The number of hydrogen-bond donors (Lipinski definition) is 0. The normalized spacial score (nSPS) is 11.4. The molecule has 1 unspecified atom stereocenters. The van der Waals surface area contributed by atoms with Crippen molar-refractivity contribution in [1.29, 1.82) is 0 Å². The zero-order valence-corrected chi connectivity index (χ0v) is 28.3. The van der Waals surface area contributed by atoms with Crippen molar-refractivity contribution in [2.24, 2.45) is 0 Å². The van der Waals surface area contributed by atoms with Crippen molar-refractivity contribution in [2.75, 3.05) is 0 Å². The van der Waals surface area contributed by atoms with Gasteiger partial charge in [-0.15, -0.1) is 20.3 Å². The molecule has 0 bridgehead atoms. The summed E-state index contributed by atoms with van der Waals surface area (Å²) < 4.78 is 17.0. The number of imidazole rings is 1. The minimum absolute atomic E-state index is 0.00566. The van der Waals surface area contributed by atoms with Crippen molar-refractivity contribution in [1.82, 2.24) is 29.8 Å². The third kappa shape index (κ3) is 9.30. The number of aromatic nitrogens is 6. The molecule has 1 atom stereocenters. The summed E-state index contributed by atoms with van der Waals surface area (Å²) in [5.41, 5.74) is 4.24. The summed E-state index contributed by atoms with van der Waals surface area (Å²) in [4.78, 5) is 56.5. The topological polar surface area (TPSA) is 193 Å². The highest BCUT2D eigenvalue weighted by molar-refractivity contribution is 6.32. The van der Waals surface area contributed by atoms with Crippen molar-refractivity contribution < 1.29 is 38.5 Å². The van der Waals surface area contributed by atoms with E-state index >= 15 is 0 Å². The number of nitrogens with zero attached hydrogens (tertiary/aromatic N) is 7. The van der Waals surface area contributed by atoms with E-state index < -0.39 is 23.4 Å². The number of unbranched alkanes of at least 4 members (excludes halogenated alkanes) is 1. The van der Waals surface area contributed by atoms with Crippen LogP contribution in [-0.2, 0) is 50.0 Å². The Morgan fingerprint density at radius 1 is 1.00 bits per heavy atom. The number of rotatable bonds is 16. The van der Waals surface area contributed by atoms with E-state index in [2.05, 4.69) is 25.2 Å². The van der Waals surface area contributed by atoms with E-state index in [1.165, 1.54) is 6.92 Å². The standard InChI is InChI=1S/C34H32ClN7O9/c1-3-4-12-29-36-31(35)30(33(44)51-22(2)49-21-43)40(29)18-23-13-15-26(16-14-23)27-10-5-6-11-28(27)32-37-39-41(38-32)34(45)48-19-24-8-7-9-25(17-24)20-50-42(46)47/h5-11,13-17,21-22H,3-4,12,18-20H2,1-2H3. The van der Waals surface area contributed by atoms with E-state index in [4.69, 9.17) is 25.8 Å². The van der Waals surface area contributed by atoms with Crippen LogP contribution in [0.5, 0.6) is 0 Å². The van der Waals surface area contributed by atoms with Crippen LogP contribution in [-0.4, -0.2) is 59.7 Å². The number of hydrogen-bond acceptors (Lipinski definition) is 13. The second-order valence-corrected chi connectivity index (χ2v) is 11.4. The molecule has 0 fully saturated rings. The van der Waals surface area contributed by atoms with Crippen LogP contribution in [0.1, 0.15) is 59.7 Å². The minimum Gasteiger partial charge on any atom is -0.442 e. The molecule has 0 aliphatic heterocycles. The summed E-state index contributed by atoms with van der Waals surface area (Å²) in [5.74, 6) is 0.0415. The first kappa shape index (κ1) is 36.1. The molecule has 2 aromatic heterocycles. The highest BCUT2D eigenvalue weighted by Crippen LogP contribution is 2.30. The van der Waals surface area contributed by atoms with Crippen LogP contribution < -0.4 is 0 Å². The van der Waals surface area contributed by atoms with Gasteiger partial charge in [-0.25, -0.2) is 14.6 Å². The first-order valence-electron chi connectivity index (χ1n) is 15.7. The third-order valence-corrected chi connectivity index (χ3v) is 7.78. The molecule has 5 rings (SSSR count). The third-order valence-electron chi connectivity index (χ3n) is 7.51. The highest BCUT2D eigenvalue weighted by Gasteiger charge is 2.25. The van der Waals surface area contributed by atoms with Gasteiger partial charge in [-0.2, -0.15) is 0 Å². The van der Waals surface area contributed by atoms with Gasteiger partial charge in [-0.1, -0.05) is 103 Å². The quantitative estimate of drug-likeness (QED) is 0.0390. The fourth-order valence-electron chi connectivity index (χ4n) is 5.11. The van der Waals surface area contributed by atoms with Crippen molar-refractivity contribution in [3.8, 4) is 22.5 Å². The number of ether oxygens (including phenoxy) is 3. The first-order valence-corrected chi connectivity index (χ1v) is 16.1. The summed E-state index contributed by atoms with van der Waals surface area (Å²) in [7, 11) is 0. The van der Waals surface area contributed by atoms with Gasteiger partial charge in [-0.05, 0) is 39.5 Å². The van der Waals surface area contributed by atoms with Crippen LogP contribution >= 0.6 is 11.6 Å². The predicted molar refractivity (Wildman–Crippen MR) is 179 cm³/mol. The van der Waals surface area contributed by atoms with Gasteiger partial charge in [0.05, 0.1) is 0 Å². The average Bonchev–Trinajstić information content (AvgIpc) is 3.74. The van der Waals surface area contributed by atoms with Crippen LogP contribution in [0.4, 0.5) is 4.79 Å². The largest absolute Gasteiger partial charge is 0.454 e. The van der Waals surface area contributed by atoms with Gasteiger partial charge in [0.25, 0.3) is 11.6 Å². The van der Waals surface area contributed by atoms with Crippen LogP contribution in [0.2, 0.25) is 5.15 Å². The Labute approximate surface area is 296 Å². The molecule has 17 heteroatoms. The molecular weight excluding hydrogens is 686 g/mol. The summed E-state index contributed by atoms with van der Waals surface area (Å²) in [5, 5.41) is 21.8. The molecule has 264 valence electrons. The predicted octanol–water partition coefficient (Wildman–Crippen LogP) is 5.82. The number of benzene rings is 3. The Morgan fingerprint density at radius 2 is 1.73 bits per heavy atom. The SMILES string of the molecule is CCCCc1nc(Cl)c(C(=O)OC(C)OC=O)n1Cc1ccc(-c2ccccc2-c2nnn(C(=O)OCc3cccc(CO[N+](=O)[O-])c3)n2)cc1. The number of aryl methyl sites for hydroxylation is 1. The molecule has 0 spiro atoms. The Morgan fingerprint density at radius 3 is 2.43 bits per heavy atom. The van der Waals surface area contributed by atoms with E-state index in [0.29, 0.717) is 28.9 Å². The maximum atomic E-state index is 13.0. The lowest BCUT2D eigenvalue weighted by molar-refractivity contribution is -0.763. The molecular formula is C34H32ClN7O9. The average molecular weight is 718 g/mol. The van der Waals surface area contributed by atoms with E-state index in [9.17, 15) is 24.5 Å². The van der Waals surface area contributed by atoms with Gasteiger partial charge in [0, 0.05) is 25.5 Å². The highest BCUT2D eigenvalue weighted by atomic mass is 35.5. The number of carbonyl (C=O) groups excluding carboxylic acids is 3. The molecule has 0 radical (unpaired) electrons. The van der Waals surface area contributed by atoms with Crippen molar-refractivity contribution in [3.63, 3.8) is 0 Å². The molecule has 16 nitrogen and oxygen atoms in total. The first-order chi connectivity index (χ1) is 24.7. The maximum Gasteiger partial charge on any atom is 0.454 e. The fourth-order valence-corrected chi connectivity index (χ4v) is 5.39. The second kappa shape index (κ2) is 17.0. The Balaban J connectivity index is 1.31. The van der Waals surface area contributed by atoms with Gasteiger partial charge in [0.15, 0.2) is 10.8 Å². The van der Waals surface area contributed by atoms with Crippen molar-refractivity contribution in [3.05, 3.63) is 116 Å². The van der Waals surface area contributed by atoms with E-state index in [0.717, 1.165) is 34.3 Å². The molecule has 2 heterocycles. The Hall–Kier alpha value is -6.16. The van der Waals surface area contributed by atoms with Crippen LogP contribution in [0, 0.1) is 10.1 Å². The molecule has 5 aromatic rings. The van der Waals surface area contributed by atoms with E-state index in [1.807, 2.05) is 49.4 Å². The molecule has 0 aliphatic carbocycles. The Bertz CT molecular complexity index is 2010. The lowest BCUT2D eigenvalue weighted by Gasteiger charge is -2.15. The van der Waals surface area contributed by atoms with Gasteiger partial charge < -0.3 is 23.6 Å². The van der Waals surface area contributed by atoms with Crippen LogP contribution in [0.3, 0.4) is 0 Å². The molecule has 0 N–H and O–H groups in total. The monoisotopic (exact) mass is 717 g/mol. The summed E-state index contributed by atoms with van der Waals surface area (Å²) in [6, 6.07) is 21.6. The molecule has 3 aromatic carbocycles. The minimum atomic E-state index is -1.11. The number of carbonyl (C=O) groups is 3. The summed E-state index contributed by atoms with van der Waals surface area (Å²) in [6.45, 7) is 3.56. The maximum absolute atomic E-state index is 13.0. The van der Waals surface area contributed by atoms with E-state index in [1.54, 1.807) is 34.9 Å². The van der Waals surface area contributed by atoms with Gasteiger partial charge in [0.2, 0.25) is 12.1 Å². The Kier molecular flexibility index (Phi) is 12.0.